The predicted molar refractivity (Wildman–Crippen MR) is 87.9 cm³/mol. The summed E-state index contributed by atoms with van der Waals surface area (Å²) in [5.74, 6) is 0.484. The number of nitrogens with one attached hydrogen (secondary N) is 3. The van der Waals surface area contributed by atoms with Crippen molar-refractivity contribution >= 4 is 17.3 Å². The molecule has 1 unspecified atom stereocenters. The first-order chi connectivity index (χ1) is 11.1. The molecule has 0 radical (unpaired) electrons. The minimum absolute atomic E-state index is 0.352. The van der Waals surface area contributed by atoms with Gasteiger partial charge in [0.15, 0.2) is 0 Å². The van der Waals surface area contributed by atoms with Crippen LogP contribution in [0.4, 0.5) is 11.4 Å². The second kappa shape index (κ2) is 6.18. The SMILES string of the molecule is CC(C)c1ccccc1NC1Nc2cc(C(=O)NO)ccc2O1. The molecule has 120 valence electrons. The van der Waals surface area contributed by atoms with Crippen LogP contribution in [0.5, 0.6) is 5.75 Å². The van der Waals surface area contributed by atoms with Crippen LogP contribution in [0.3, 0.4) is 0 Å². The van der Waals surface area contributed by atoms with Gasteiger partial charge in [-0.05, 0) is 35.7 Å². The molecule has 23 heavy (non-hydrogen) atoms. The van der Waals surface area contributed by atoms with Crippen LogP contribution < -0.4 is 20.9 Å². The van der Waals surface area contributed by atoms with Crippen LogP contribution in [0.15, 0.2) is 42.5 Å². The maximum Gasteiger partial charge on any atom is 0.274 e. The lowest BCUT2D eigenvalue weighted by molar-refractivity contribution is 0.0706. The predicted octanol–water partition coefficient (Wildman–Crippen LogP) is 3.13. The summed E-state index contributed by atoms with van der Waals surface area (Å²) in [6, 6.07) is 13.0. The van der Waals surface area contributed by atoms with Crippen LogP contribution in [0.2, 0.25) is 0 Å². The highest BCUT2D eigenvalue weighted by Gasteiger charge is 2.23. The number of carbonyl (C=O) groups is 1. The Labute approximate surface area is 134 Å². The number of para-hydroxylation sites is 1. The standard InChI is InChI=1S/C17H19N3O3/c1-10(2)12-5-3-4-6-13(12)18-17-19-14-9-11(16(21)20-22)7-8-15(14)23-17/h3-10,17-19,22H,1-2H3,(H,20,21). The molecule has 0 aromatic heterocycles. The average Bonchev–Trinajstić information content (AvgIpc) is 2.95. The van der Waals surface area contributed by atoms with E-state index in [0.717, 1.165) is 5.69 Å². The van der Waals surface area contributed by atoms with Crippen molar-refractivity contribution in [2.75, 3.05) is 10.6 Å². The molecule has 3 rings (SSSR count). The topological polar surface area (TPSA) is 82.6 Å². The minimum Gasteiger partial charge on any atom is -0.450 e. The molecule has 6 heteroatoms. The molecule has 2 aromatic carbocycles. The van der Waals surface area contributed by atoms with Crippen molar-refractivity contribution in [3.05, 3.63) is 53.6 Å². The lowest BCUT2D eigenvalue weighted by Gasteiger charge is -2.19. The van der Waals surface area contributed by atoms with Crippen molar-refractivity contribution in [1.82, 2.24) is 5.48 Å². The van der Waals surface area contributed by atoms with Crippen LogP contribution in [0.1, 0.15) is 35.7 Å². The molecule has 2 aromatic rings. The molecule has 0 fully saturated rings. The van der Waals surface area contributed by atoms with E-state index >= 15 is 0 Å². The number of rotatable bonds is 4. The van der Waals surface area contributed by atoms with Crippen LogP contribution in [-0.2, 0) is 0 Å². The number of hydrogen-bond acceptors (Lipinski definition) is 5. The number of amides is 1. The summed E-state index contributed by atoms with van der Waals surface area (Å²) in [6.07, 6.45) is -0.419. The first-order valence-electron chi connectivity index (χ1n) is 7.45. The van der Waals surface area contributed by atoms with Crippen LogP contribution in [-0.4, -0.2) is 17.5 Å². The summed E-state index contributed by atoms with van der Waals surface area (Å²) in [5, 5.41) is 15.2. The third-order valence-electron chi connectivity index (χ3n) is 3.74. The number of ether oxygens (including phenoxy) is 1. The summed E-state index contributed by atoms with van der Waals surface area (Å²) in [7, 11) is 0. The highest BCUT2D eigenvalue weighted by molar-refractivity contribution is 5.95. The Morgan fingerprint density at radius 3 is 2.78 bits per heavy atom. The molecule has 6 nitrogen and oxygen atoms in total. The summed E-state index contributed by atoms with van der Waals surface area (Å²) >= 11 is 0. The van der Waals surface area contributed by atoms with Crippen LogP contribution in [0, 0.1) is 0 Å². The van der Waals surface area contributed by atoms with Gasteiger partial charge >= 0.3 is 0 Å². The summed E-state index contributed by atoms with van der Waals surface area (Å²) in [4.78, 5) is 11.5. The van der Waals surface area contributed by atoms with E-state index in [9.17, 15) is 4.79 Å². The van der Waals surface area contributed by atoms with Gasteiger partial charge in [-0.1, -0.05) is 32.0 Å². The molecule has 1 aliphatic heterocycles. The summed E-state index contributed by atoms with van der Waals surface area (Å²) < 4.78 is 5.80. The Hall–Kier alpha value is -2.73. The number of hydroxylamine groups is 1. The van der Waals surface area contributed by atoms with E-state index in [4.69, 9.17) is 9.94 Å². The Morgan fingerprint density at radius 1 is 1.26 bits per heavy atom. The molecule has 0 spiro atoms. The highest BCUT2D eigenvalue weighted by atomic mass is 16.5. The molecule has 1 amide bonds. The van der Waals surface area contributed by atoms with Gasteiger partial charge in [0.1, 0.15) is 5.75 Å². The van der Waals surface area contributed by atoms with Crippen molar-refractivity contribution in [2.45, 2.75) is 26.1 Å². The van der Waals surface area contributed by atoms with Gasteiger partial charge in [0.2, 0.25) is 6.35 Å². The Balaban J connectivity index is 1.77. The number of hydrogen-bond donors (Lipinski definition) is 4. The largest absolute Gasteiger partial charge is 0.450 e. The van der Waals surface area contributed by atoms with Crippen LogP contribution >= 0.6 is 0 Å². The summed E-state index contributed by atoms with van der Waals surface area (Å²) in [6.45, 7) is 4.27. The molecular formula is C17H19N3O3. The molecular weight excluding hydrogens is 294 g/mol. The van der Waals surface area contributed by atoms with Gasteiger partial charge in [0.05, 0.1) is 5.69 Å². The number of benzene rings is 2. The molecule has 4 N–H and O–H groups in total. The van der Waals surface area contributed by atoms with Gasteiger partial charge in [-0.2, -0.15) is 0 Å². The zero-order chi connectivity index (χ0) is 16.4. The first-order valence-corrected chi connectivity index (χ1v) is 7.45. The monoisotopic (exact) mass is 313 g/mol. The van der Waals surface area contributed by atoms with E-state index in [-0.39, 0.29) is 0 Å². The van der Waals surface area contributed by atoms with E-state index in [1.807, 2.05) is 18.2 Å². The molecule has 1 heterocycles. The number of fused-ring (bicyclic) bond motifs is 1. The Kier molecular flexibility index (Phi) is 4.08. The van der Waals surface area contributed by atoms with Gasteiger partial charge in [0, 0.05) is 11.3 Å². The first kappa shape index (κ1) is 15.2. The second-order valence-electron chi connectivity index (χ2n) is 5.68. The van der Waals surface area contributed by atoms with Gasteiger partial charge in [-0.25, -0.2) is 5.48 Å². The lowest BCUT2D eigenvalue weighted by atomic mass is 10.0. The molecule has 0 aliphatic carbocycles. The summed E-state index contributed by atoms with van der Waals surface area (Å²) in [5.41, 5.74) is 4.88. The van der Waals surface area contributed by atoms with E-state index in [2.05, 4.69) is 30.5 Å². The van der Waals surface area contributed by atoms with Gasteiger partial charge in [-0.15, -0.1) is 0 Å². The quantitative estimate of drug-likeness (QED) is 0.515. The maximum atomic E-state index is 11.5. The lowest BCUT2D eigenvalue weighted by Crippen LogP contribution is -2.30. The number of carbonyl (C=O) groups excluding carboxylic acids is 1. The van der Waals surface area contributed by atoms with Crippen molar-refractivity contribution in [1.29, 1.82) is 0 Å². The van der Waals surface area contributed by atoms with Crippen molar-refractivity contribution < 1.29 is 14.7 Å². The molecule has 0 saturated carbocycles. The highest BCUT2D eigenvalue weighted by Crippen LogP contribution is 2.34. The fourth-order valence-corrected chi connectivity index (χ4v) is 2.59. The van der Waals surface area contributed by atoms with E-state index in [1.54, 1.807) is 23.7 Å². The van der Waals surface area contributed by atoms with E-state index in [1.165, 1.54) is 5.56 Å². The van der Waals surface area contributed by atoms with Gasteiger partial charge in [0.25, 0.3) is 5.91 Å². The second-order valence-corrected chi connectivity index (χ2v) is 5.68. The molecule has 1 atom stereocenters. The minimum atomic E-state index is -0.559. The fourth-order valence-electron chi connectivity index (χ4n) is 2.59. The number of anilines is 2. The Morgan fingerprint density at radius 2 is 2.04 bits per heavy atom. The molecule has 0 saturated heterocycles. The smallest absolute Gasteiger partial charge is 0.274 e. The van der Waals surface area contributed by atoms with Crippen molar-refractivity contribution in [3.63, 3.8) is 0 Å². The van der Waals surface area contributed by atoms with E-state index in [0.29, 0.717) is 22.9 Å². The third-order valence-corrected chi connectivity index (χ3v) is 3.74. The Bertz CT molecular complexity index is 731. The van der Waals surface area contributed by atoms with Crippen molar-refractivity contribution in [2.24, 2.45) is 0 Å². The normalized spacial score (nSPS) is 15.6. The fraction of sp³-hybridized carbons (Fsp3) is 0.235. The average molecular weight is 313 g/mol. The van der Waals surface area contributed by atoms with Crippen molar-refractivity contribution in [3.8, 4) is 5.75 Å². The maximum absolute atomic E-state index is 11.5. The molecule has 1 aliphatic rings. The van der Waals surface area contributed by atoms with Gasteiger partial charge < -0.3 is 15.4 Å². The zero-order valence-electron chi connectivity index (χ0n) is 13.0. The zero-order valence-corrected chi connectivity index (χ0v) is 13.0. The van der Waals surface area contributed by atoms with E-state index < -0.39 is 12.3 Å². The van der Waals surface area contributed by atoms with Gasteiger partial charge in [-0.3, -0.25) is 10.0 Å². The molecule has 0 bridgehead atoms. The third kappa shape index (κ3) is 3.07. The van der Waals surface area contributed by atoms with Crippen LogP contribution in [0.25, 0.3) is 0 Å².